The molecular formula is C19H25Cl2N3OS. The number of thiazole rings is 1. The summed E-state index contributed by atoms with van der Waals surface area (Å²) in [7, 11) is 0. The van der Waals surface area contributed by atoms with E-state index in [2.05, 4.69) is 42.9 Å². The Morgan fingerprint density at radius 1 is 1.23 bits per heavy atom. The summed E-state index contributed by atoms with van der Waals surface area (Å²) in [6.07, 6.45) is 0. The lowest BCUT2D eigenvalue weighted by atomic mass is 10.2. The van der Waals surface area contributed by atoms with Crippen molar-refractivity contribution >= 4 is 40.4 Å². The van der Waals surface area contributed by atoms with Crippen molar-refractivity contribution in [1.29, 1.82) is 0 Å². The Kier molecular flexibility index (Phi) is 7.47. The van der Waals surface area contributed by atoms with Crippen molar-refractivity contribution in [3.63, 3.8) is 0 Å². The van der Waals surface area contributed by atoms with Crippen molar-refractivity contribution < 1.29 is 4.79 Å². The van der Waals surface area contributed by atoms with Crippen molar-refractivity contribution in [3.05, 3.63) is 38.8 Å². The van der Waals surface area contributed by atoms with Crippen LogP contribution in [0.15, 0.2) is 18.2 Å². The third kappa shape index (κ3) is 5.19. The van der Waals surface area contributed by atoms with Gasteiger partial charge < -0.3 is 5.32 Å². The highest BCUT2D eigenvalue weighted by atomic mass is 35.5. The van der Waals surface area contributed by atoms with Crippen molar-refractivity contribution in [2.24, 2.45) is 0 Å². The fraction of sp³-hybridized carbons (Fsp3) is 0.474. The first-order valence-corrected chi connectivity index (χ1v) is 10.2. The molecule has 26 heavy (non-hydrogen) atoms. The second-order valence-electron chi connectivity index (χ2n) is 6.74. The lowest BCUT2D eigenvalue weighted by Crippen LogP contribution is -2.42. The first-order valence-electron chi connectivity index (χ1n) is 8.67. The number of hydrogen-bond acceptors (Lipinski definition) is 4. The number of aromatic nitrogens is 1. The fourth-order valence-corrected chi connectivity index (χ4v) is 4.45. The van der Waals surface area contributed by atoms with E-state index in [4.69, 9.17) is 23.2 Å². The van der Waals surface area contributed by atoms with E-state index in [0.29, 0.717) is 39.2 Å². The molecule has 0 aliphatic heterocycles. The van der Waals surface area contributed by atoms with Crippen molar-refractivity contribution in [3.8, 4) is 10.6 Å². The number of amides is 1. The van der Waals surface area contributed by atoms with Gasteiger partial charge in [-0.15, -0.1) is 11.3 Å². The second kappa shape index (κ2) is 9.18. The van der Waals surface area contributed by atoms with Crippen LogP contribution in [0.1, 0.15) is 43.1 Å². The molecule has 0 spiro atoms. The summed E-state index contributed by atoms with van der Waals surface area (Å²) in [4.78, 5) is 20.0. The lowest BCUT2D eigenvalue weighted by molar-refractivity contribution is 0.0942. The zero-order valence-corrected chi connectivity index (χ0v) is 18.1. The smallest absolute Gasteiger partial charge is 0.263 e. The predicted octanol–water partition coefficient (Wildman–Crippen LogP) is 5.27. The number of carbonyl (C=O) groups is 1. The van der Waals surface area contributed by atoms with E-state index in [-0.39, 0.29) is 5.91 Å². The Bertz CT molecular complexity index is 766. The highest BCUT2D eigenvalue weighted by Gasteiger charge is 2.18. The van der Waals surface area contributed by atoms with Crippen LogP contribution in [0, 0.1) is 6.92 Å². The Morgan fingerprint density at radius 2 is 1.88 bits per heavy atom. The zero-order valence-electron chi connectivity index (χ0n) is 15.8. The minimum absolute atomic E-state index is 0.0937. The maximum Gasteiger partial charge on any atom is 0.263 e. The number of hydrogen-bond donors (Lipinski definition) is 1. The van der Waals surface area contributed by atoms with Gasteiger partial charge in [-0.3, -0.25) is 9.69 Å². The molecule has 1 amide bonds. The van der Waals surface area contributed by atoms with Gasteiger partial charge in [0.05, 0.1) is 10.7 Å². The van der Waals surface area contributed by atoms with Gasteiger partial charge in [0.1, 0.15) is 9.88 Å². The van der Waals surface area contributed by atoms with Gasteiger partial charge in [0, 0.05) is 35.8 Å². The van der Waals surface area contributed by atoms with Crippen LogP contribution in [0.2, 0.25) is 10.0 Å². The number of benzene rings is 1. The highest BCUT2D eigenvalue weighted by Crippen LogP contribution is 2.34. The van der Waals surface area contributed by atoms with Crippen molar-refractivity contribution in [1.82, 2.24) is 15.2 Å². The Labute approximate surface area is 169 Å². The van der Waals surface area contributed by atoms with Crippen LogP contribution in [0.4, 0.5) is 0 Å². The molecule has 1 N–H and O–H groups in total. The van der Waals surface area contributed by atoms with Crippen LogP contribution in [0.5, 0.6) is 0 Å². The summed E-state index contributed by atoms with van der Waals surface area (Å²) < 4.78 is 0. The van der Waals surface area contributed by atoms with Crippen LogP contribution in [-0.2, 0) is 0 Å². The molecule has 4 nitrogen and oxygen atoms in total. The number of rotatable bonds is 7. The molecule has 142 valence electrons. The van der Waals surface area contributed by atoms with E-state index in [1.807, 2.05) is 13.0 Å². The normalized spacial score (nSPS) is 11.6. The Hall–Kier alpha value is -1.14. The van der Waals surface area contributed by atoms with Crippen LogP contribution >= 0.6 is 34.5 Å². The van der Waals surface area contributed by atoms with E-state index < -0.39 is 0 Å². The second-order valence-corrected chi connectivity index (χ2v) is 8.58. The minimum Gasteiger partial charge on any atom is -0.350 e. The average molecular weight is 414 g/mol. The summed E-state index contributed by atoms with van der Waals surface area (Å²) in [5.74, 6) is -0.0937. The Balaban J connectivity index is 2.07. The number of nitrogens with zero attached hydrogens (tertiary/aromatic N) is 2. The maximum absolute atomic E-state index is 12.6. The molecule has 0 fully saturated rings. The summed E-state index contributed by atoms with van der Waals surface area (Å²) in [5, 5.41) is 4.83. The molecule has 0 bridgehead atoms. The van der Waals surface area contributed by atoms with Gasteiger partial charge in [-0.2, -0.15) is 0 Å². The topological polar surface area (TPSA) is 45.2 Å². The van der Waals surface area contributed by atoms with Gasteiger partial charge >= 0.3 is 0 Å². The number of carbonyl (C=O) groups excluding carboxylic acids is 1. The summed E-state index contributed by atoms with van der Waals surface area (Å²) in [6.45, 7) is 11.9. The van der Waals surface area contributed by atoms with E-state index in [0.717, 1.165) is 17.1 Å². The largest absolute Gasteiger partial charge is 0.350 e. The molecule has 2 aromatic rings. The van der Waals surface area contributed by atoms with Crippen molar-refractivity contribution in [2.45, 2.75) is 46.7 Å². The molecule has 1 heterocycles. The first kappa shape index (κ1) is 21.2. The zero-order chi connectivity index (χ0) is 19.4. The molecule has 0 aliphatic rings. The summed E-state index contributed by atoms with van der Waals surface area (Å²) in [5.41, 5.74) is 1.49. The fourth-order valence-electron chi connectivity index (χ4n) is 2.88. The van der Waals surface area contributed by atoms with Gasteiger partial charge in [-0.1, -0.05) is 23.2 Å². The molecule has 2 rings (SSSR count). The lowest BCUT2D eigenvalue weighted by Gasteiger charge is -2.30. The number of aryl methyl sites for hydroxylation is 1. The van der Waals surface area contributed by atoms with Gasteiger partial charge in [0.2, 0.25) is 0 Å². The molecule has 0 unspecified atom stereocenters. The third-order valence-electron chi connectivity index (χ3n) is 4.15. The van der Waals surface area contributed by atoms with E-state index in [9.17, 15) is 4.79 Å². The molecular weight excluding hydrogens is 389 g/mol. The predicted molar refractivity (Wildman–Crippen MR) is 112 cm³/mol. The van der Waals surface area contributed by atoms with Gasteiger partial charge in [0.15, 0.2) is 0 Å². The SMILES string of the molecule is Cc1nc(-c2ccc(Cl)cc2Cl)sc1C(=O)NCCN(C(C)C)C(C)C. The molecule has 1 aromatic carbocycles. The molecule has 0 radical (unpaired) electrons. The van der Waals surface area contributed by atoms with Crippen LogP contribution in [0.3, 0.4) is 0 Å². The molecule has 0 atom stereocenters. The Morgan fingerprint density at radius 3 is 2.46 bits per heavy atom. The third-order valence-corrected chi connectivity index (χ3v) is 5.88. The molecule has 0 saturated heterocycles. The van der Waals surface area contributed by atoms with E-state index >= 15 is 0 Å². The minimum atomic E-state index is -0.0937. The van der Waals surface area contributed by atoms with Gasteiger partial charge in [0.25, 0.3) is 5.91 Å². The quantitative estimate of drug-likeness (QED) is 0.671. The van der Waals surface area contributed by atoms with Gasteiger partial charge in [-0.25, -0.2) is 4.98 Å². The summed E-state index contributed by atoms with van der Waals surface area (Å²) in [6, 6.07) is 6.16. The average Bonchev–Trinajstić information content (AvgIpc) is 2.92. The first-order chi connectivity index (χ1) is 12.2. The maximum atomic E-state index is 12.6. The van der Waals surface area contributed by atoms with Crippen LogP contribution < -0.4 is 5.32 Å². The number of nitrogens with one attached hydrogen (secondary N) is 1. The van der Waals surface area contributed by atoms with E-state index in [1.165, 1.54) is 11.3 Å². The monoisotopic (exact) mass is 413 g/mol. The van der Waals surface area contributed by atoms with Crippen LogP contribution in [-0.4, -0.2) is 41.0 Å². The van der Waals surface area contributed by atoms with E-state index in [1.54, 1.807) is 12.1 Å². The summed E-state index contributed by atoms with van der Waals surface area (Å²) >= 11 is 13.6. The van der Waals surface area contributed by atoms with Gasteiger partial charge in [-0.05, 0) is 52.8 Å². The molecule has 0 aliphatic carbocycles. The molecule has 0 saturated carbocycles. The van der Waals surface area contributed by atoms with Crippen LogP contribution in [0.25, 0.3) is 10.6 Å². The van der Waals surface area contributed by atoms with Crippen molar-refractivity contribution in [2.75, 3.05) is 13.1 Å². The molecule has 1 aromatic heterocycles. The number of halogens is 2. The molecule has 7 heteroatoms. The highest BCUT2D eigenvalue weighted by molar-refractivity contribution is 7.17. The standard InChI is InChI=1S/C19H25Cl2N3OS/c1-11(2)24(12(3)4)9-8-22-18(25)17-13(5)23-19(26-17)15-7-6-14(20)10-16(15)21/h6-7,10-12H,8-9H2,1-5H3,(H,22,25).